The van der Waals surface area contributed by atoms with Crippen LogP contribution in [0.4, 0.5) is 4.39 Å². The molecule has 0 aliphatic rings. The third-order valence-corrected chi connectivity index (χ3v) is 1.94. The minimum atomic E-state index is -0.468. The quantitative estimate of drug-likeness (QED) is 0.561. The number of Topliss-reactive ketones (excluding diaryl/α,β-unsaturated/α-hetero) is 1. The molecular formula is C12H13FO2. The maximum atomic E-state index is 13.0. The highest BCUT2D eigenvalue weighted by Crippen LogP contribution is 2.19. The van der Waals surface area contributed by atoms with Crippen molar-refractivity contribution in [1.29, 1.82) is 0 Å². The van der Waals surface area contributed by atoms with Gasteiger partial charge in [-0.3, -0.25) is 4.79 Å². The van der Waals surface area contributed by atoms with Gasteiger partial charge in [0.15, 0.2) is 17.3 Å². The standard InChI is InChI=1S/C12H13FO2/c1-8(2)6-11(14)9-4-5-10(13)12(7-9)15-3/h4-5,7H,1,6H2,2-3H3. The number of halogens is 1. The fourth-order valence-corrected chi connectivity index (χ4v) is 1.21. The van der Waals surface area contributed by atoms with Crippen molar-refractivity contribution in [2.24, 2.45) is 0 Å². The molecule has 0 fully saturated rings. The summed E-state index contributed by atoms with van der Waals surface area (Å²) in [7, 11) is 1.37. The Bertz CT molecular complexity index is 397. The lowest BCUT2D eigenvalue weighted by Gasteiger charge is -2.04. The van der Waals surface area contributed by atoms with E-state index in [-0.39, 0.29) is 18.0 Å². The first kappa shape index (κ1) is 11.4. The number of carbonyl (C=O) groups is 1. The molecule has 0 atom stereocenters. The lowest BCUT2D eigenvalue weighted by atomic mass is 10.0. The summed E-state index contributed by atoms with van der Waals surface area (Å²) in [5, 5.41) is 0. The number of hydrogen-bond acceptors (Lipinski definition) is 2. The van der Waals surface area contributed by atoms with Crippen LogP contribution in [-0.2, 0) is 0 Å². The molecule has 0 spiro atoms. The first-order chi connectivity index (χ1) is 7.04. The third-order valence-electron chi connectivity index (χ3n) is 1.94. The molecule has 0 aliphatic heterocycles. The van der Waals surface area contributed by atoms with E-state index in [9.17, 15) is 9.18 Å². The van der Waals surface area contributed by atoms with E-state index >= 15 is 0 Å². The molecule has 0 heterocycles. The van der Waals surface area contributed by atoms with Crippen LogP contribution < -0.4 is 4.74 Å². The zero-order valence-corrected chi connectivity index (χ0v) is 8.84. The first-order valence-corrected chi connectivity index (χ1v) is 4.55. The average molecular weight is 208 g/mol. The third kappa shape index (κ3) is 2.91. The number of hydrogen-bond donors (Lipinski definition) is 0. The summed E-state index contributed by atoms with van der Waals surface area (Å²) in [6, 6.07) is 4.08. The minimum Gasteiger partial charge on any atom is -0.494 e. The number of rotatable bonds is 4. The van der Waals surface area contributed by atoms with Crippen molar-refractivity contribution in [2.75, 3.05) is 7.11 Å². The highest BCUT2D eigenvalue weighted by Gasteiger charge is 2.09. The number of ketones is 1. The van der Waals surface area contributed by atoms with Gasteiger partial charge in [-0.1, -0.05) is 12.2 Å². The Morgan fingerprint density at radius 1 is 1.53 bits per heavy atom. The van der Waals surface area contributed by atoms with Crippen LogP contribution in [-0.4, -0.2) is 12.9 Å². The summed E-state index contributed by atoms with van der Waals surface area (Å²) in [4.78, 5) is 11.6. The predicted molar refractivity (Wildman–Crippen MR) is 56.7 cm³/mol. The van der Waals surface area contributed by atoms with E-state index in [0.29, 0.717) is 5.56 Å². The average Bonchev–Trinajstić information content (AvgIpc) is 2.17. The molecule has 3 heteroatoms. The molecule has 0 unspecified atom stereocenters. The summed E-state index contributed by atoms with van der Waals surface area (Å²) in [5.74, 6) is -0.465. The number of methoxy groups -OCH3 is 1. The van der Waals surface area contributed by atoms with Crippen LogP contribution in [0.15, 0.2) is 30.4 Å². The van der Waals surface area contributed by atoms with Crippen LogP contribution in [0.5, 0.6) is 5.75 Å². The van der Waals surface area contributed by atoms with Crippen molar-refractivity contribution >= 4 is 5.78 Å². The van der Waals surface area contributed by atoms with Crippen LogP contribution in [0.25, 0.3) is 0 Å². The maximum absolute atomic E-state index is 13.0. The second-order valence-corrected chi connectivity index (χ2v) is 3.41. The van der Waals surface area contributed by atoms with Gasteiger partial charge in [0, 0.05) is 12.0 Å². The smallest absolute Gasteiger partial charge is 0.167 e. The molecule has 0 N–H and O–H groups in total. The molecule has 0 amide bonds. The molecule has 80 valence electrons. The minimum absolute atomic E-state index is 0.0826. The van der Waals surface area contributed by atoms with E-state index in [1.165, 1.54) is 25.3 Å². The SMILES string of the molecule is C=C(C)CC(=O)c1ccc(F)c(OC)c1. The number of benzene rings is 1. The van der Waals surface area contributed by atoms with Gasteiger partial charge in [0.25, 0.3) is 0 Å². The van der Waals surface area contributed by atoms with Crippen LogP contribution in [0.2, 0.25) is 0 Å². The summed E-state index contributed by atoms with van der Waals surface area (Å²) in [6.07, 6.45) is 0.273. The second-order valence-electron chi connectivity index (χ2n) is 3.41. The number of carbonyl (C=O) groups excluding carboxylic acids is 1. The van der Waals surface area contributed by atoms with Crippen LogP contribution in [0.3, 0.4) is 0 Å². The Hall–Kier alpha value is -1.64. The van der Waals surface area contributed by atoms with Crippen molar-refractivity contribution < 1.29 is 13.9 Å². The van der Waals surface area contributed by atoms with E-state index in [4.69, 9.17) is 4.74 Å². The second kappa shape index (κ2) is 4.73. The normalized spacial score (nSPS) is 9.80. The molecular weight excluding hydrogens is 195 g/mol. The van der Waals surface area contributed by atoms with Gasteiger partial charge in [0.2, 0.25) is 0 Å². The molecule has 0 saturated carbocycles. The Kier molecular flexibility index (Phi) is 3.61. The van der Waals surface area contributed by atoms with Crippen molar-refractivity contribution in [2.45, 2.75) is 13.3 Å². The topological polar surface area (TPSA) is 26.3 Å². The van der Waals surface area contributed by atoms with Crippen molar-refractivity contribution in [3.63, 3.8) is 0 Å². The van der Waals surface area contributed by atoms with Crippen molar-refractivity contribution in [3.8, 4) is 5.75 Å². The Morgan fingerprint density at radius 3 is 2.73 bits per heavy atom. The van der Waals surface area contributed by atoms with E-state index in [1.54, 1.807) is 6.92 Å². The van der Waals surface area contributed by atoms with Gasteiger partial charge in [-0.05, 0) is 25.1 Å². The Balaban J connectivity index is 2.95. The molecule has 0 aliphatic carbocycles. The summed E-state index contributed by atoms with van der Waals surface area (Å²) < 4.78 is 17.8. The molecule has 2 nitrogen and oxygen atoms in total. The number of ether oxygens (including phenoxy) is 1. The highest BCUT2D eigenvalue weighted by molar-refractivity contribution is 5.97. The summed E-state index contributed by atoms with van der Waals surface area (Å²) >= 11 is 0. The molecule has 0 radical (unpaired) electrons. The van der Waals surface area contributed by atoms with Crippen LogP contribution in [0, 0.1) is 5.82 Å². The lowest BCUT2D eigenvalue weighted by Crippen LogP contribution is -2.00. The molecule has 0 bridgehead atoms. The van der Waals surface area contributed by atoms with Gasteiger partial charge >= 0.3 is 0 Å². The van der Waals surface area contributed by atoms with E-state index in [2.05, 4.69) is 6.58 Å². The number of allylic oxidation sites excluding steroid dienone is 1. The van der Waals surface area contributed by atoms with E-state index in [1.807, 2.05) is 0 Å². The Morgan fingerprint density at radius 2 is 2.20 bits per heavy atom. The van der Waals surface area contributed by atoms with E-state index < -0.39 is 5.82 Å². The van der Waals surface area contributed by atoms with Gasteiger partial charge in [-0.25, -0.2) is 4.39 Å². The Labute approximate surface area is 88.4 Å². The fraction of sp³-hybridized carbons (Fsp3) is 0.250. The molecule has 15 heavy (non-hydrogen) atoms. The van der Waals surface area contributed by atoms with Crippen molar-refractivity contribution in [3.05, 3.63) is 41.7 Å². The highest BCUT2D eigenvalue weighted by atomic mass is 19.1. The molecule has 1 aromatic carbocycles. The van der Waals surface area contributed by atoms with Gasteiger partial charge in [0.1, 0.15) is 0 Å². The lowest BCUT2D eigenvalue weighted by molar-refractivity contribution is 0.0992. The van der Waals surface area contributed by atoms with E-state index in [0.717, 1.165) is 5.57 Å². The molecule has 1 aromatic rings. The predicted octanol–water partition coefficient (Wildman–Crippen LogP) is 2.98. The monoisotopic (exact) mass is 208 g/mol. The van der Waals surface area contributed by atoms with Gasteiger partial charge in [0.05, 0.1) is 7.11 Å². The molecule has 0 saturated heterocycles. The molecule has 1 rings (SSSR count). The summed E-state index contributed by atoms with van der Waals surface area (Å²) in [5.41, 5.74) is 1.22. The summed E-state index contributed by atoms with van der Waals surface area (Å²) in [6.45, 7) is 5.43. The first-order valence-electron chi connectivity index (χ1n) is 4.55. The van der Waals surface area contributed by atoms with Crippen LogP contribution in [0.1, 0.15) is 23.7 Å². The van der Waals surface area contributed by atoms with Gasteiger partial charge < -0.3 is 4.74 Å². The van der Waals surface area contributed by atoms with Crippen molar-refractivity contribution in [1.82, 2.24) is 0 Å². The fourth-order valence-electron chi connectivity index (χ4n) is 1.21. The van der Waals surface area contributed by atoms with Gasteiger partial charge in [-0.15, -0.1) is 0 Å². The largest absolute Gasteiger partial charge is 0.494 e. The van der Waals surface area contributed by atoms with Crippen LogP contribution >= 0.6 is 0 Å². The maximum Gasteiger partial charge on any atom is 0.167 e. The van der Waals surface area contributed by atoms with Gasteiger partial charge in [-0.2, -0.15) is 0 Å². The zero-order chi connectivity index (χ0) is 11.4. The molecule has 0 aromatic heterocycles. The zero-order valence-electron chi connectivity index (χ0n) is 8.84.